The molecule has 0 unspecified atom stereocenters. The highest BCUT2D eigenvalue weighted by Gasteiger charge is 2.25. The minimum Gasteiger partial charge on any atom is -0.355 e. The normalized spacial score (nSPS) is 11.4. The minimum absolute atomic E-state index is 0.0589. The van der Waals surface area contributed by atoms with Gasteiger partial charge in [0.1, 0.15) is 0 Å². The smallest absolute Gasteiger partial charge is 0.355 e. The zero-order valence-corrected chi connectivity index (χ0v) is 8.08. The molecule has 0 rings (SSSR count). The van der Waals surface area contributed by atoms with Crippen molar-refractivity contribution in [2.75, 3.05) is 20.1 Å². The molecule has 84 valence electrons. The molecule has 1 amide bonds. The number of likely N-dealkylation sites (N-methyl/N-ethyl adjacent to an activating group) is 1. The Balaban J connectivity index is 3.26. The third kappa shape index (κ3) is 9.31. The Kier molecular flexibility index (Phi) is 6.27. The molecule has 0 aliphatic carbocycles. The van der Waals surface area contributed by atoms with Crippen LogP contribution < -0.4 is 10.6 Å². The SMILES string of the molecule is CNCC(=O)NCCCCC(F)(F)F. The van der Waals surface area contributed by atoms with E-state index >= 15 is 0 Å². The lowest BCUT2D eigenvalue weighted by Gasteiger charge is -2.06. The first-order valence-electron chi connectivity index (χ1n) is 4.44. The maximum absolute atomic E-state index is 11.7. The first kappa shape index (κ1) is 13.2. The van der Waals surface area contributed by atoms with Gasteiger partial charge in [-0.15, -0.1) is 0 Å². The van der Waals surface area contributed by atoms with Crippen molar-refractivity contribution in [1.82, 2.24) is 10.6 Å². The molecule has 6 heteroatoms. The molecule has 0 spiro atoms. The average Bonchev–Trinajstić information content (AvgIpc) is 2.02. The summed E-state index contributed by atoms with van der Waals surface area (Å²) in [4.78, 5) is 10.8. The van der Waals surface area contributed by atoms with Gasteiger partial charge in [0, 0.05) is 13.0 Å². The van der Waals surface area contributed by atoms with Gasteiger partial charge in [0.2, 0.25) is 5.91 Å². The Labute approximate surface area is 81.1 Å². The number of hydrogen-bond acceptors (Lipinski definition) is 2. The molecule has 0 aromatic carbocycles. The van der Waals surface area contributed by atoms with Crippen LogP contribution in [0.2, 0.25) is 0 Å². The maximum Gasteiger partial charge on any atom is 0.389 e. The molecule has 2 N–H and O–H groups in total. The molecular formula is C8H15F3N2O. The lowest BCUT2D eigenvalue weighted by atomic mass is 10.2. The lowest BCUT2D eigenvalue weighted by Crippen LogP contribution is -2.32. The van der Waals surface area contributed by atoms with Crippen LogP contribution in [0.15, 0.2) is 0 Å². The third-order valence-corrected chi connectivity index (χ3v) is 1.55. The van der Waals surface area contributed by atoms with E-state index in [1.54, 1.807) is 7.05 Å². The quantitative estimate of drug-likeness (QED) is 0.646. The van der Waals surface area contributed by atoms with E-state index in [-0.39, 0.29) is 18.9 Å². The van der Waals surface area contributed by atoms with Crippen LogP contribution in [0.1, 0.15) is 19.3 Å². The van der Waals surface area contributed by atoms with Gasteiger partial charge in [-0.25, -0.2) is 0 Å². The molecule has 0 aromatic heterocycles. The van der Waals surface area contributed by atoms with Crippen LogP contribution in [0.5, 0.6) is 0 Å². The molecule has 0 saturated heterocycles. The molecule has 3 nitrogen and oxygen atoms in total. The van der Waals surface area contributed by atoms with Gasteiger partial charge in [0.15, 0.2) is 0 Å². The number of hydrogen-bond donors (Lipinski definition) is 2. The summed E-state index contributed by atoms with van der Waals surface area (Å²) >= 11 is 0. The summed E-state index contributed by atoms with van der Waals surface area (Å²) in [6.45, 7) is 0.496. The predicted molar refractivity (Wildman–Crippen MR) is 46.8 cm³/mol. The van der Waals surface area contributed by atoms with Gasteiger partial charge in [-0.2, -0.15) is 13.2 Å². The van der Waals surface area contributed by atoms with Crippen LogP contribution in [-0.2, 0) is 4.79 Å². The number of nitrogens with one attached hydrogen (secondary N) is 2. The fourth-order valence-electron chi connectivity index (χ4n) is 0.901. The molecule has 0 aliphatic rings. The van der Waals surface area contributed by atoms with Crippen molar-refractivity contribution < 1.29 is 18.0 Å². The molecule has 0 bridgehead atoms. The fourth-order valence-corrected chi connectivity index (χ4v) is 0.901. The van der Waals surface area contributed by atoms with Crippen molar-refractivity contribution >= 4 is 5.91 Å². The van der Waals surface area contributed by atoms with E-state index in [9.17, 15) is 18.0 Å². The van der Waals surface area contributed by atoms with E-state index in [0.29, 0.717) is 13.0 Å². The van der Waals surface area contributed by atoms with Gasteiger partial charge in [-0.1, -0.05) is 0 Å². The molecule has 14 heavy (non-hydrogen) atoms. The summed E-state index contributed by atoms with van der Waals surface area (Å²) in [5.41, 5.74) is 0. The standard InChI is InChI=1S/C8H15F3N2O/c1-12-6-7(14)13-5-3-2-4-8(9,10)11/h12H,2-6H2,1H3,(H,13,14). The molecule has 0 saturated carbocycles. The van der Waals surface area contributed by atoms with Crippen molar-refractivity contribution in [3.8, 4) is 0 Å². The van der Waals surface area contributed by atoms with Gasteiger partial charge in [0.05, 0.1) is 6.54 Å². The third-order valence-electron chi connectivity index (χ3n) is 1.55. The van der Waals surface area contributed by atoms with Gasteiger partial charge in [0.25, 0.3) is 0 Å². The van der Waals surface area contributed by atoms with Gasteiger partial charge < -0.3 is 10.6 Å². The molecule has 0 aromatic rings. The molecular weight excluding hydrogens is 197 g/mol. The Hall–Kier alpha value is -0.780. The Morgan fingerprint density at radius 3 is 2.43 bits per heavy atom. The summed E-state index contributed by atoms with van der Waals surface area (Å²) < 4.78 is 35.0. The van der Waals surface area contributed by atoms with Crippen molar-refractivity contribution in [3.63, 3.8) is 0 Å². The molecule has 0 heterocycles. The van der Waals surface area contributed by atoms with E-state index in [1.165, 1.54) is 0 Å². The van der Waals surface area contributed by atoms with Gasteiger partial charge >= 0.3 is 6.18 Å². The summed E-state index contributed by atoms with van der Waals surface area (Å²) in [5.74, 6) is -0.195. The van der Waals surface area contributed by atoms with Crippen LogP contribution in [0.25, 0.3) is 0 Å². The van der Waals surface area contributed by atoms with E-state index in [4.69, 9.17) is 0 Å². The van der Waals surface area contributed by atoms with Crippen LogP contribution in [0, 0.1) is 0 Å². The largest absolute Gasteiger partial charge is 0.389 e. The van der Waals surface area contributed by atoms with Crippen molar-refractivity contribution in [2.24, 2.45) is 0 Å². The first-order chi connectivity index (χ1) is 6.45. The summed E-state index contributed by atoms with van der Waals surface area (Å²) in [6, 6.07) is 0. The van der Waals surface area contributed by atoms with Gasteiger partial charge in [-0.3, -0.25) is 4.79 Å². The van der Waals surface area contributed by atoms with Gasteiger partial charge in [-0.05, 0) is 19.9 Å². The van der Waals surface area contributed by atoms with Crippen molar-refractivity contribution in [1.29, 1.82) is 0 Å². The monoisotopic (exact) mass is 212 g/mol. The first-order valence-corrected chi connectivity index (χ1v) is 4.44. The molecule has 0 fully saturated rings. The molecule has 0 atom stereocenters. The zero-order valence-electron chi connectivity index (χ0n) is 8.08. The van der Waals surface area contributed by atoms with Crippen LogP contribution in [0.3, 0.4) is 0 Å². The number of amides is 1. The second kappa shape index (κ2) is 6.64. The zero-order chi connectivity index (χ0) is 11.0. The fraction of sp³-hybridized carbons (Fsp3) is 0.875. The number of alkyl halides is 3. The predicted octanol–water partition coefficient (Wildman–Crippen LogP) is 1.05. The van der Waals surface area contributed by atoms with E-state index < -0.39 is 12.6 Å². The topological polar surface area (TPSA) is 41.1 Å². The van der Waals surface area contributed by atoms with E-state index in [0.717, 1.165) is 0 Å². The molecule has 0 radical (unpaired) electrons. The number of halogens is 3. The van der Waals surface area contributed by atoms with E-state index in [1.807, 2.05) is 0 Å². The number of carbonyl (C=O) groups is 1. The second-order valence-corrected chi connectivity index (χ2v) is 2.95. The average molecular weight is 212 g/mol. The minimum atomic E-state index is -4.09. The summed E-state index contributed by atoms with van der Waals surface area (Å²) in [6.07, 6.45) is -4.46. The van der Waals surface area contributed by atoms with Crippen LogP contribution in [0.4, 0.5) is 13.2 Å². The van der Waals surface area contributed by atoms with Crippen LogP contribution in [-0.4, -0.2) is 32.2 Å². The highest BCUT2D eigenvalue weighted by molar-refractivity contribution is 5.77. The van der Waals surface area contributed by atoms with Crippen molar-refractivity contribution in [2.45, 2.75) is 25.4 Å². The van der Waals surface area contributed by atoms with Crippen molar-refractivity contribution in [3.05, 3.63) is 0 Å². The lowest BCUT2D eigenvalue weighted by molar-refractivity contribution is -0.135. The maximum atomic E-state index is 11.7. The Bertz CT molecular complexity index is 170. The number of carbonyl (C=O) groups excluding carboxylic acids is 1. The Morgan fingerprint density at radius 1 is 1.29 bits per heavy atom. The summed E-state index contributed by atoms with van der Waals surface area (Å²) in [5, 5.41) is 5.14. The highest BCUT2D eigenvalue weighted by Crippen LogP contribution is 2.21. The summed E-state index contributed by atoms with van der Waals surface area (Å²) in [7, 11) is 1.63. The second-order valence-electron chi connectivity index (χ2n) is 2.95. The van der Waals surface area contributed by atoms with Crippen LogP contribution >= 0.6 is 0 Å². The highest BCUT2D eigenvalue weighted by atomic mass is 19.4. The molecule has 0 aliphatic heterocycles. The number of rotatable bonds is 6. The Morgan fingerprint density at radius 2 is 1.93 bits per heavy atom. The van der Waals surface area contributed by atoms with E-state index in [2.05, 4.69) is 10.6 Å². The number of unbranched alkanes of at least 4 members (excludes halogenated alkanes) is 1.